The van der Waals surface area contributed by atoms with Crippen molar-refractivity contribution < 1.29 is 14.3 Å². The summed E-state index contributed by atoms with van der Waals surface area (Å²) in [6.07, 6.45) is 1.68. The fraction of sp³-hybridized carbons (Fsp3) is 0.0435. The SMILES string of the molecule is O=C1OC(c2ccc(Br)cc2)=NC1=Cc1cccc(OCc2cccc(Cl)c2)c1. The summed E-state index contributed by atoms with van der Waals surface area (Å²) in [6.45, 7) is 0.397. The Hall–Kier alpha value is -2.89. The number of cyclic esters (lactones) is 1. The normalized spacial score (nSPS) is 14.6. The van der Waals surface area contributed by atoms with Crippen LogP contribution in [0.1, 0.15) is 16.7 Å². The molecule has 0 aliphatic carbocycles. The highest BCUT2D eigenvalue weighted by atomic mass is 79.9. The Bertz CT molecular complexity index is 1120. The molecular weight excluding hydrogens is 454 g/mol. The number of benzene rings is 3. The molecule has 1 aliphatic rings. The molecule has 4 rings (SSSR count). The third-order valence-electron chi connectivity index (χ3n) is 4.17. The van der Waals surface area contributed by atoms with Crippen molar-refractivity contribution in [1.82, 2.24) is 0 Å². The smallest absolute Gasteiger partial charge is 0.363 e. The van der Waals surface area contributed by atoms with Crippen molar-refractivity contribution in [3.8, 4) is 5.75 Å². The first kappa shape index (κ1) is 19.4. The van der Waals surface area contributed by atoms with E-state index in [4.69, 9.17) is 21.1 Å². The van der Waals surface area contributed by atoms with Gasteiger partial charge in [0.05, 0.1) is 0 Å². The molecule has 0 bridgehead atoms. The van der Waals surface area contributed by atoms with Crippen molar-refractivity contribution in [2.24, 2.45) is 4.99 Å². The maximum atomic E-state index is 12.2. The molecular formula is C23H15BrClNO3. The van der Waals surface area contributed by atoms with Gasteiger partial charge in [-0.25, -0.2) is 9.79 Å². The van der Waals surface area contributed by atoms with Crippen LogP contribution >= 0.6 is 27.5 Å². The number of ether oxygens (including phenoxy) is 2. The van der Waals surface area contributed by atoms with Gasteiger partial charge in [0.15, 0.2) is 5.70 Å². The second kappa shape index (κ2) is 8.64. The summed E-state index contributed by atoms with van der Waals surface area (Å²) in [4.78, 5) is 16.5. The predicted octanol–water partition coefficient (Wildman–Crippen LogP) is 6.03. The number of rotatable bonds is 5. The molecule has 1 heterocycles. The summed E-state index contributed by atoms with van der Waals surface area (Å²) >= 11 is 9.38. The number of halogens is 2. The van der Waals surface area contributed by atoms with Crippen molar-refractivity contribution >= 4 is 45.5 Å². The zero-order valence-electron chi connectivity index (χ0n) is 15.1. The van der Waals surface area contributed by atoms with Gasteiger partial charge in [0.2, 0.25) is 5.90 Å². The third-order valence-corrected chi connectivity index (χ3v) is 4.93. The highest BCUT2D eigenvalue weighted by Gasteiger charge is 2.24. The van der Waals surface area contributed by atoms with Gasteiger partial charge in [-0.05, 0) is 65.7 Å². The minimum atomic E-state index is -0.479. The van der Waals surface area contributed by atoms with Gasteiger partial charge < -0.3 is 9.47 Å². The predicted molar refractivity (Wildman–Crippen MR) is 117 cm³/mol. The molecule has 0 radical (unpaired) electrons. The molecule has 4 nitrogen and oxygen atoms in total. The summed E-state index contributed by atoms with van der Waals surface area (Å²) in [5, 5.41) is 0.670. The van der Waals surface area contributed by atoms with E-state index in [1.54, 1.807) is 6.08 Å². The van der Waals surface area contributed by atoms with Gasteiger partial charge in [-0.2, -0.15) is 0 Å². The number of aliphatic imine (C=N–C) groups is 1. The molecule has 0 N–H and O–H groups in total. The Morgan fingerprint density at radius 3 is 2.62 bits per heavy atom. The molecule has 0 saturated carbocycles. The van der Waals surface area contributed by atoms with Crippen LogP contribution < -0.4 is 4.74 Å². The molecule has 29 heavy (non-hydrogen) atoms. The Morgan fingerprint density at radius 2 is 1.83 bits per heavy atom. The summed E-state index contributed by atoms with van der Waals surface area (Å²) in [6, 6.07) is 22.4. The number of hydrogen-bond donors (Lipinski definition) is 0. The summed E-state index contributed by atoms with van der Waals surface area (Å²) in [7, 11) is 0. The fourth-order valence-corrected chi connectivity index (χ4v) is 3.25. The van der Waals surface area contributed by atoms with Crippen LogP contribution in [-0.2, 0) is 16.1 Å². The van der Waals surface area contributed by atoms with E-state index in [1.165, 1.54) is 0 Å². The van der Waals surface area contributed by atoms with Crippen LogP contribution in [0.15, 0.2) is 88.0 Å². The first-order chi connectivity index (χ1) is 14.1. The number of esters is 1. The minimum absolute atomic E-state index is 0.245. The summed E-state index contributed by atoms with van der Waals surface area (Å²) in [5.41, 5.74) is 2.75. The van der Waals surface area contributed by atoms with E-state index in [0.717, 1.165) is 21.2 Å². The number of hydrogen-bond acceptors (Lipinski definition) is 4. The molecule has 0 saturated heterocycles. The Morgan fingerprint density at radius 1 is 1.03 bits per heavy atom. The van der Waals surface area contributed by atoms with Crippen LogP contribution in [0.4, 0.5) is 0 Å². The monoisotopic (exact) mass is 467 g/mol. The van der Waals surface area contributed by atoms with Crippen molar-refractivity contribution in [3.63, 3.8) is 0 Å². The molecule has 0 atom stereocenters. The molecule has 0 unspecified atom stereocenters. The molecule has 0 spiro atoms. The maximum Gasteiger partial charge on any atom is 0.363 e. The molecule has 3 aromatic carbocycles. The number of carbonyl (C=O) groups is 1. The van der Waals surface area contributed by atoms with E-state index in [1.807, 2.05) is 72.8 Å². The first-order valence-electron chi connectivity index (χ1n) is 8.83. The van der Waals surface area contributed by atoms with E-state index in [9.17, 15) is 4.79 Å². The van der Waals surface area contributed by atoms with E-state index in [2.05, 4.69) is 20.9 Å². The largest absolute Gasteiger partial charge is 0.489 e. The quantitative estimate of drug-likeness (QED) is 0.339. The van der Waals surface area contributed by atoms with E-state index < -0.39 is 5.97 Å². The van der Waals surface area contributed by atoms with Crippen molar-refractivity contribution in [3.05, 3.63) is 105 Å². The molecule has 0 fully saturated rings. The Balaban J connectivity index is 1.51. The van der Waals surface area contributed by atoms with Gasteiger partial charge in [-0.15, -0.1) is 0 Å². The highest BCUT2D eigenvalue weighted by Crippen LogP contribution is 2.23. The van der Waals surface area contributed by atoms with Gasteiger partial charge >= 0.3 is 5.97 Å². The highest BCUT2D eigenvalue weighted by molar-refractivity contribution is 9.10. The van der Waals surface area contributed by atoms with Crippen LogP contribution in [0.3, 0.4) is 0 Å². The number of carbonyl (C=O) groups excluding carboxylic acids is 1. The average molecular weight is 469 g/mol. The molecule has 1 aliphatic heterocycles. The second-order valence-electron chi connectivity index (χ2n) is 6.33. The van der Waals surface area contributed by atoms with Gasteiger partial charge in [0, 0.05) is 15.1 Å². The standard InChI is InChI=1S/C23H15BrClNO3/c24-18-9-7-17(8-10-18)22-26-21(23(27)29-22)13-15-3-2-6-20(12-15)28-14-16-4-1-5-19(25)11-16/h1-13H,14H2. The van der Waals surface area contributed by atoms with Gasteiger partial charge in [0.1, 0.15) is 12.4 Å². The van der Waals surface area contributed by atoms with Crippen LogP contribution in [0, 0.1) is 0 Å². The second-order valence-corrected chi connectivity index (χ2v) is 7.69. The topological polar surface area (TPSA) is 47.9 Å². The summed E-state index contributed by atoms with van der Waals surface area (Å²) in [5.74, 6) is 0.498. The maximum absolute atomic E-state index is 12.2. The zero-order chi connectivity index (χ0) is 20.2. The molecule has 0 aromatic heterocycles. The molecule has 0 amide bonds. The van der Waals surface area contributed by atoms with Crippen molar-refractivity contribution in [1.29, 1.82) is 0 Å². The summed E-state index contributed by atoms with van der Waals surface area (Å²) < 4.78 is 12.1. The molecule has 6 heteroatoms. The van der Waals surface area contributed by atoms with Crippen LogP contribution in [0.2, 0.25) is 5.02 Å². The Kier molecular flexibility index (Phi) is 5.79. The third kappa shape index (κ3) is 4.94. The van der Waals surface area contributed by atoms with E-state index in [-0.39, 0.29) is 5.70 Å². The Labute approximate surface area is 181 Å². The lowest BCUT2D eigenvalue weighted by Gasteiger charge is -2.07. The van der Waals surface area contributed by atoms with Crippen LogP contribution in [0.5, 0.6) is 5.75 Å². The zero-order valence-corrected chi connectivity index (χ0v) is 17.5. The van der Waals surface area contributed by atoms with Crippen LogP contribution in [0.25, 0.3) is 6.08 Å². The van der Waals surface area contributed by atoms with Crippen molar-refractivity contribution in [2.75, 3.05) is 0 Å². The lowest BCUT2D eigenvalue weighted by molar-refractivity contribution is -0.129. The van der Waals surface area contributed by atoms with Gasteiger partial charge in [0.25, 0.3) is 0 Å². The number of nitrogens with zero attached hydrogens (tertiary/aromatic N) is 1. The lowest BCUT2D eigenvalue weighted by atomic mass is 10.2. The van der Waals surface area contributed by atoms with E-state index in [0.29, 0.717) is 23.3 Å². The minimum Gasteiger partial charge on any atom is -0.489 e. The average Bonchev–Trinajstić information content (AvgIpc) is 3.08. The van der Waals surface area contributed by atoms with E-state index >= 15 is 0 Å². The fourth-order valence-electron chi connectivity index (χ4n) is 2.77. The van der Waals surface area contributed by atoms with Crippen molar-refractivity contribution in [2.45, 2.75) is 6.61 Å². The van der Waals surface area contributed by atoms with Gasteiger partial charge in [-0.3, -0.25) is 0 Å². The van der Waals surface area contributed by atoms with Gasteiger partial charge in [-0.1, -0.05) is 51.8 Å². The lowest BCUT2D eigenvalue weighted by Crippen LogP contribution is -2.05. The molecule has 3 aromatic rings. The van der Waals surface area contributed by atoms with Crippen LogP contribution in [-0.4, -0.2) is 11.9 Å². The molecule has 144 valence electrons. The first-order valence-corrected chi connectivity index (χ1v) is 10.00.